The lowest BCUT2D eigenvalue weighted by Gasteiger charge is -2.29. The van der Waals surface area contributed by atoms with Crippen molar-refractivity contribution in [1.29, 1.82) is 0 Å². The van der Waals surface area contributed by atoms with E-state index in [2.05, 4.69) is 6.08 Å². The fourth-order valence-corrected chi connectivity index (χ4v) is 4.19. The fourth-order valence-electron chi connectivity index (χ4n) is 4.19. The highest BCUT2D eigenvalue weighted by Gasteiger charge is 2.25. The maximum Gasteiger partial charge on any atom is 0.201 e. The summed E-state index contributed by atoms with van der Waals surface area (Å²) >= 11 is 0. The third-order valence-corrected chi connectivity index (χ3v) is 6.09. The molecule has 0 bridgehead atoms. The van der Waals surface area contributed by atoms with Crippen molar-refractivity contribution in [3.8, 4) is 28.0 Å². The van der Waals surface area contributed by atoms with Gasteiger partial charge in [0.2, 0.25) is 5.82 Å². The molecule has 0 amide bonds. The molecule has 1 heterocycles. The summed E-state index contributed by atoms with van der Waals surface area (Å²) in [7, 11) is 0. The molecule has 0 atom stereocenters. The van der Waals surface area contributed by atoms with Crippen LogP contribution in [0.2, 0.25) is 0 Å². The number of ether oxygens (including phenoxy) is 3. The van der Waals surface area contributed by atoms with Gasteiger partial charge in [0, 0.05) is 17.9 Å². The lowest BCUT2D eigenvalue weighted by Crippen LogP contribution is -2.31. The van der Waals surface area contributed by atoms with E-state index in [1.807, 2.05) is 19.1 Å². The average molecular weight is 483 g/mol. The minimum Gasteiger partial charge on any atom is -0.491 e. The molecule has 3 aromatic rings. The Morgan fingerprint density at radius 2 is 1.57 bits per heavy atom. The number of hydrogen-bond acceptors (Lipinski definition) is 3. The monoisotopic (exact) mass is 482 g/mol. The Hall–Kier alpha value is -3.09. The predicted molar refractivity (Wildman–Crippen MR) is 131 cm³/mol. The van der Waals surface area contributed by atoms with Crippen molar-refractivity contribution in [3.05, 3.63) is 89.8 Å². The second-order valence-corrected chi connectivity index (χ2v) is 8.43. The molecule has 0 N–H and O–H groups in total. The molecule has 4 rings (SSSR count). The van der Waals surface area contributed by atoms with E-state index in [1.54, 1.807) is 37.3 Å². The van der Waals surface area contributed by atoms with E-state index in [9.17, 15) is 13.2 Å². The van der Waals surface area contributed by atoms with E-state index >= 15 is 0 Å². The van der Waals surface area contributed by atoms with Crippen molar-refractivity contribution in [2.75, 3.05) is 19.8 Å². The van der Waals surface area contributed by atoms with Gasteiger partial charge < -0.3 is 14.2 Å². The van der Waals surface area contributed by atoms with E-state index in [0.29, 0.717) is 29.9 Å². The van der Waals surface area contributed by atoms with Crippen LogP contribution >= 0.6 is 0 Å². The first-order valence-electron chi connectivity index (χ1n) is 11.9. The number of halogens is 3. The van der Waals surface area contributed by atoms with E-state index in [1.165, 1.54) is 18.2 Å². The number of benzene rings is 3. The minimum atomic E-state index is -1.01. The highest BCUT2D eigenvalue weighted by Crippen LogP contribution is 2.33. The Bertz CT molecular complexity index is 1170. The van der Waals surface area contributed by atoms with Crippen LogP contribution in [0.1, 0.15) is 38.2 Å². The van der Waals surface area contributed by atoms with E-state index in [4.69, 9.17) is 14.2 Å². The van der Waals surface area contributed by atoms with Gasteiger partial charge in [-0.15, -0.1) is 0 Å². The Balaban J connectivity index is 1.45. The summed E-state index contributed by atoms with van der Waals surface area (Å²) in [5, 5.41) is 0. The Kier molecular flexibility index (Phi) is 8.26. The van der Waals surface area contributed by atoms with Gasteiger partial charge in [-0.05, 0) is 60.7 Å². The number of allylic oxidation sites excluding steroid dienone is 2. The first kappa shape index (κ1) is 25.0. The SMILES string of the molecule is CC=CCCC1OCC(c2ccc(-c3ccc(-c4ccc(OCC)c(F)c4F)cc3)cc2F)CO1. The first-order valence-corrected chi connectivity index (χ1v) is 11.9. The average Bonchev–Trinajstić information content (AvgIpc) is 2.88. The first-order chi connectivity index (χ1) is 17.0. The molecule has 35 heavy (non-hydrogen) atoms. The van der Waals surface area contributed by atoms with Crippen molar-refractivity contribution in [2.24, 2.45) is 0 Å². The van der Waals surface area contributed by atoms with Crippen molar-refractivity contribution in [2.45, 2.75) is 38.9 Å². The van der Waals surface area contributed by atoms with Crippen LogP contribution in [0.25, 0.3) is 22.3 Å². The fraction of sp³-hybridized carbons (Fsp3) is 0.310. The smallest absolute Gasteiger partial charge is 0.201 e. The maximum atomic E-state index is 15.0. The van der Waals surface area contributed by atoms with Crippen LogP contribution in [-0.2, 0) is 9.47 Å². The van der Waals surface area contributed by atoms with E-state index in [-0.39, 0.29) is 35.9 Å². The molecule has 1 aliphatic heterocycles. The van der Waals surface area contributed by atoms with Crippen LogP contribution in [-0.4, -0.2) is 26.1 Å². The third-order valence-electron chi connectivity index (χ3n) is 6.09. The van der Waals surface area contributed by atoms with Gasteiger partial charge in [0.05, 0.1) is 19.8 Å². The van der Waals surface area contributed by atoms with Crippen molar-refractivity contribution < 1.29 is 27.4 Å². The molecule has 1 fully saturated rings. The molecule has 184 valence electrons. The van der Waals surface area contributed by atoms with Crippen LogP contribution in [0.4, 0.5) is 13.2 Å². The van der Waals surface area contributed by atoms with Gasteiger partial charge in [-0.2, -0.15) is 4.39 Å². The summed E-state index contributed by atoms with van der Waals surface area (Å²) in [6, 6.07) is 14.9. The summed E-state index contributed by atoms with van der Waals surface area (Å²) < 4.78 is 60.4. The van der Waals surface area contributed by atoms with Gasteiger partial charge in [-0.25, -0.2) is 8.78 Å². The number of hydrogen-bond donors (Lipinski definition) is 0. The molecule has 0 unspecified atom stereocenters. The molecule has 0 saturated carbocycles. The van der Waals surface area contributed by atoms with Gasteiger partial charge in [-0.3, -0.25) is 0 Å². The molecule has 0 aromatic heterocycles. The van der Waals surface area contributed by atoms with E-state index < -0.39 is 11.6 Å². The largest absolute Gasteiger partial charge is 0.491 e. The molecule has 3 nitrogen and oxygen atoms in total. The maximum absolute atomic E-state index is 15.0. The summed E-state index contributed by atoms with van der Waals surface area (Å²) in [5.41, 5.74) is 2.68. The molecular weight excluding hydrogens is 453 g/mol. The van der Waals surface area contributed by atoms with Crippen LogP contribution in [0.3, 0.4) is 0 Å². The highest BCUT2D eigenvalue weighted by molar-refractivity contribution is 5.71. The van der Waals surface area contributed by atoms with Crippen molar-refractivity contribution >= 4 is 0 Å². The highest BCUT2D eigenvalue weighted by atomic mass is 19.2. The van der Waals surface area contributed by atoms with Crippen LogP contribution in [0.5, 0.6) is 5.75 Å². The molecule has 6 heteroatoms. The second kappa shape index (κ2) is 11.6. The van der Waals surface area contributed by atoms with Crippen molar-refractivity contribution in [3.63, 3.8) is 0 Å². The lowest BCUT2D eigenvalue weighted by molar-refractivity contribution is -0.189. The molecule has 1 aliphatic rings. The zero-order chi connectivity index (χ0) is 24.8. The Labute approximate surface area is 204 Å². The normalized spacial score (nSPS) is 18.2. The summed E-state index contributed by atoms with van der Waals surface area (Å²) in [6.45, 7) is 4.75. The standard InChI is InChI=1S/C29H29F3O3/c1-3-5-6-7-27-34-17-22(18-35-27)23-13-12-21(16-25(23)30)19-8-10-20(11-9-19)24-14-15-26(33-4-2)29(32)28(24)31/h3,5,8-16,22,27H,4,6-7,17-18H2,1-2H3. The molecule has 1 saturated heterocycles. The van der Waals surface area contributed by atoms with Crippen LogP contribution < -0.4 is 4.74 Å². The van der Waals surface area contributed by atoms with Gasteiger partial charge in [0.1, 0.15) is 5.82 Å². The zero-order valence-corrected chi connectivity index (χ0v) is 19.9. The summed E-state index contributed by atoms with van der Waals surface area (Å²) in [6.07, 6.45) is 5.47. The predicted octanol–water partition coefficient (Wildman–Crippen LogP) is 7.65. The molecule has 3 aromatic carbocycles. The summed E-state index contributed by atoms with van der Waals surface area (Å²) in [4.78, 5) is 0. The van der Waals surface area contributed by atoms with E-state index in [0.717, 1.165) is 18.4 Å². The Morgan fingerprint density at radius 1 is 0.886 bits per heavy atom. The van der Waals surface area contributed by atoms with Gasteiger partial charge in [-0.1, -0.05) is 48.6 Å². The molecule has 0 radical (unpaired) electrons. The van der Waals surface area contributed by atoms with Crippen LogP contribution in [0.15, 0.2) is 66.7 Å². The number of rotatable bonds is 8. The van der Waals surface area contributed by atoms with Crippen LogP contribution in [0, 0.1) is 17.5 Å². The zero-order valence-electron chi connectivity index (χ0n) is 19.9. The molecule has 0 aliphatic carbocycles. The second-order valence-electron chi connectivity index (χ2n) is 8.43. The van der Waals surface area contributed by atoms with Gasteiger partial charge in [0.15, 0.2) is 17.9 Å². The molecule has 0 spiro atoms. The quantitative estimate of drug-likeness (QED) is 0.309. The molecular formula is C29H29F3O3. The minimum absolute atomic E-state index is 0.112. The third kappa shape index (κ3) is 5.77. The van der Waals surface area contributed by atoms with Crippen molar-refractivity contribution in [1.82, 2.24) is 0 Å². The lowest BCUT2D eigenvalue weighted by atomic mass is 9.95. The Morgan fingerprint density at radius 3 is 2.23 bits per heavy atom. The topological polar surface area (TPSA) is 27.7 Å². The summed E-state index contributed by atoms with van der Waals surface area (Å²) in [5.74, 6) is -2.57. The van der Waals surface area contributed by atoms with Gasteiger partial charge >= 0.3 is 0 Å². The van der Waals surface area contributed by atoms with Gasteiger partial charge in [0.25, 0.3) is 0 Å².